The van der Waals surface area contributed by atoms with Crippen LogP contribution in [-0.4, -0.2) is 18.0 Å². The van der Waals surface area contributed by atoms with Crippen molar-refractivity contribution < 1.29 is 14.6 Å². The first-order chi connectivity index (χ1) is 16.2. The normalized spacial score (nSPS) is 14.5. The monoisotopic (exact) mass is 442 g/mol. The van der Waals surface area contributed by atoms with E-state index in [9.17, 15) is 9.90 Å². The van der Waals surface area contributed by atoms with Gasteiger partial charge in [-0.15, -0.1) is 0 Å². The van der Waals surface area contributed by atoms with E-state index in [1.807, 2.05) is 72.8 Å². The number of ketones is 1. The van der Waals surface area contributed by atoms with Crippen molar-refractivity contribution in [2.45, 2.75) is 51.4 Å². The van der Waals surface area contributed by atoms with Crippen LogP contribution in [-0.2, 0) is 0 Å². The molecule has 0 saturated carbocycles. The molecule has 0 heterocycles. The van der Waals surface area contributed by atoms with Crippen LogP contribution in [0.2, 0.25) is 0 Å². The maximum atomic E-state index is 12.3. The molecule has 0 bridgehead atoms. The van der Waals surface area contributed by atoms with Crippen LogP contribution in [0.15, 0.2) is 95.8 Å². The smallest absolute Gasteiger partial charge is 0.162 e. The first kappa shape index (κ1) is 24.3. The molecule has 0 radical (unpaired) electrons. The number of hydrogen-bond donors (Lipinski definition) is 1. The fourth-order valence-corrected chi connectivity index (χ4v) is 3.98. The van der Waals surface area contributed by atoms with Gasteiger partial charge in [-0.3, -0.25) is 4.79 Å². The molecule has 0 atom stereocenters. The summed E-state index contributed by atoms with van der Waals surface area (Å²) in [6.07, 6.45) is 18.0. The molecule has 0 fully saturated rings. The van der Waals surface area contributed by atoms with Crippen LogP contribution in [0.1, 0.15) is 67.3 Å². The van der Waals surface area contributed by atoms with Gasteiger partial charge in [0.25, 0.3) is 0 Å². The van der Waals surface area contributed by atoms with Crippen molar-refractivity contribution in [2.75, 3.05) is 7.11 Å². The second kappa shape index (κ2) is 13.3. The quantitative estimate of drug-likeness (QED) is 0.194. The molecule has 1 aliphatic carbocycles. The number of aliphatic hydroxyl groups excluding tert-OH is 1. The highest BCUT2D eigenvalue weighted by molar-refractivity contribution is 5.96. The van der Waals surface area contributed by atoms with Gasteiger partial charge in [-0.05, 0) is 60.7 Å². The number of aliphatic hydroxyl groups is 1. The van der Waals surface area contributed by atoms with E-state index >= 15 is 0 Å². The maximum Gasteiger partial charge on any atom is 0.162 e. The number of rotatable bonds is 13. The van der Waals surface area contributed by atoms with Gasteiger partial charge >= 0.3 is 0 Å². The first-order valence-corrected chi connectivity index (χ1v) is 11.9. The van der Waals surface area contributed by atoms with Crippen LogP contribution < -0.4 is 4.74 Å². The minimum Gasteiger partial charge on any atom is -0.507 e. The standard InChI is InChI=1S/C30H34O3/c1-33-27-21-19-26(20-22-27)29(31)17-10-5-3-2-4-9-14-25-15-11-16-28(25)30(32)23-18-24-12-7-6-8-13-24/h6-8,11-13,15-16,18-23,32H,2-5,9-10,14,17H2,1H3. The lowest BCUT2D eigenvalue weighted by Gasteiger charge is -2.07. The zero-order valence-corrected chi connectivity index (χ0v) is 19.5. The Hall–Kier alpha value is -3.33. The van der Waals surface area contributed by atoms with Crippen molar-refractivity contribution in [1.29, 1.82) is 0 Å². The second-order valence-corrected chi connectivity index (χ2v) is 8.37. The molecule has 0 aromatic heterocycles. The summed E-state index contributed by atoms with van der Waals surface area (Å²) in [5.74, 6) is 1.30. The summed E-state index contributed by atoms with van der Waals surface area (Å²) in [6.45, 7) is 0. The average molecular weight is 443 g/mol. The zero-order chi connectivity index (χ0) is 23.3. The van der Waals surface area contributed by atoms with Crippen LogP contribution in [0, 0.1) is 0 Å². The number of methoxy groups -OCH3 is 1. The summed E-state index contributed by atoms with van der Waals surface area (Å²) in [5, 5.41) is 10.5. The van der Waals surface area contributed by atoms with E-state index in [2.05, 4.69) is 6.08 Å². The molecule has 0 aliphatic heterocycles. The van der Waals surface area contributed by atoms with Crippen molar-refractivity contribution in [3.05, 3.63) is 107 Å². The summed E-state index contributed by atoms with van der Waals surface area (Å²) < 4.78 is 5.14. The zero-order valence-electron chi connectivity index (χ0n) is 19.5. The highest BCUT2D eigenvalue weighted by atomic mass is 16.5. The van der Waals surface area contributed by atoms with Gasteiger partial charge in [-0.1, -0.05) is 80.3 Å². The molecule has 3 nitrogen and oxygen atoms in total. The number of Topliss-reactive ketones (excluding diaryl/α,β-unsaturated/α-hetero) is 1. The lowest BCUT2D eigenvalue weighted by atomic mass is 9.99. The van der Waals surface area contributed by atoms with E-state index in [0.29, 0.717) is 12.2 Å². The van der Waals surface area contributed by atoms with E-state index < -0.39 is 0 Å². The van der Waals surface area contributed by atoms with Gasteiger partial charge in [0.05, 0.1) is 7.11 Å². The number of ether oxygens (including phenoxy) is 1. The largest absolute Gasteiger partial charge is 0.507 e. The van der Waals surface area contributed by atoms with Gasteiger partial charge in [0.1, 0.15) is 11.5 Å². The minimum atomic E-state index is 0.207. The molecule has 0 amide bonds. The van der Waals surface area contributed by atoms with Crippen LogP contribution in [0.3, 0.4) is 0 Å². The van der Waals surface area contributed by atoms with Crippen LogP contribution in [0.5, 0.6) is 5.75 Å². The van der Waals surface area contributed by atoms with Crippen LogP contribution in [0.25, 0.3) is 6.08 Å². The summed E-state index contributed by atoms with van der Waals surface area (Å²) >= 11 is 0. The van der Waals surface area contributed by atoms with E-state index in [1.54, 1.807) is 13.2 Å². The third-order valence-electron chi connectivity index (χ3n) is 5.93. The first-order valence-electron chi connectivity index (χ1n) is 11.9. The highest BCUT2D eigenvalue weighted by Crippen LogP contribution is 2.27. The van der Waals surface area contributed by atoms with Crippen molar-refractivity contribution >= 4 is 11.9 Å². The Labute approximate surface area is 197 Å². The van der Waals surface area contributed by atoms with Gasteiger partial charge < -0.3 is 9.84 Å². The molecule has 1 N–H and O–H groups in total. The number of carbonyl (C=O) groups is 1. The Bertz CT molecular complexity index is 1010. The maximum absolute atomic E-state index is 12.3. The van der Waals surface area contributed by atoms with E-state index in [-0.39, 0.29) is 5.78 Å². The molecular formula is C30H34O3. The predicted octanol–water partition coefficient (Wildman–Crippen LogP) is 8.02. The minimum absolute atomic E-state index is 0.207. The lowest BCUT2D eigenvalue weighted by Crippen LogP contribution is -1.98. The summed E-state index contributed by atoms with van der Waals surface area (Å²) in [5.41, 5.74) is 3.97. The van der Waals surface area contributed by atoms with Gasteiger partial charge in [0.15, 0.2) is 5.78 Å². The molecule has 0 saturated heterocycles. The van der Waals surface area contributed by atoms with Crippen LogP contribution >= 0.6 is 0 Å². The van der Waals surface area contributed by atoms with E-state index in [0.717, 1.165) is 61.0 Å². The number of benzene rings is 2. The molecule has 0 unspecified atom stereocenters. The summed E-state index contributed by atoms with van der Waals surface area (Å²) in [7, 11) is 1.63. The van der Waals surface area contributed by atoms with Gasteiger partial charge in [0, 0.05) is 17.6 Å². The Morgan fingerprint density at radius 1 is 0.909 bits per heavy atom. The van der Waals surface area contributed by atoms with E-state index in [4.69, 9.17) is 4.74 Å². The highest BCUT2D eigenvalue weighted by Gasteiger charge is 2.10. The predicted molar refractivity (Wildman–Crippen MR) is 137 cm³/mol. The topological polar surface area (TPSA) is 46.5 Å². The Balaban J connectivity index is 1.30. The molecule has 2 aromatic carbocycles. The van der Waals surface area contributed by atoms with Crippen molar-refractivity contribution in [3.63, 3.8) is 0 Å². The molecular weight excluding hydrogens is 408 g/mol. The SMILES string of the molecule is COc1ccc(C(=O)CCCCCCCCC2=CC=CC2=C(O)C=Cc2ccccc2)cc1. The summed E-state index contributed by atoms with van der Waals surface area (Å²) in [4.78, 5) is 12.3. The Morgan fingerprint density at radius 3 is 2.33 bits per heavy atom. The Morgan fingerprint density at radius 2 is 1.61 bits per heavy atom. The third-order valence-corrected chi connectivity index (χ3v) is 5.93. The Kier molecular flexibility index (Phi) is 9.78. The van der Waals surface area contributed by atoms with Gasteiger partial charge in [0.2, 0.25) is 0 Å². The van der Waals surface area contributed by atoms with E-state index in [1.165, 1.54) is 12.0 Å². The fourth-order valence-electron chi connectivity index (χ4n) is 3.98. The number of hydrogen-bond acceptors (Lipinski definition) is 3. The van der Waals surface area contributed by atoms with Crippen LogP contribution in [0.4, 0.5) is 0 Å². The molecule has 0 spiro atoms. The molecule has 172 valence electrons. The molecule has 33 heavy (non-hydrogen) atoms. The summed E-state index contributed by atoms with van der Waals surface area (Å²) in [6, 6.07) is 17.4. The molecule has 3 rings (SSSR count). The van der Waals surface area contributed by atoms with Gasteiger partial charge in [-0.2, -0.15) is 0 Å². The average Bonchev–Trinajstić information content (AvgIpc) is 3.33. The fraction of sp³-hybridized carbons (Fsp3) is 0.300. The van der Waals surface area contributed by atoms with Crippen molar-refractivity contribution in [1.82, 2.24) is 0 Å². The lowest BCUT2D eigenvalue weighted by molar-refractivity contribution is 0.0979. The molecule has 2 aromatic rings. The van der Waals surface area contributed by atoms with Gasteiger partial charge in [-0.25, -0.2) is 0 Å². The number of carbonyl (C=O) groups excluding carboxylic acids is 1. The van der Waals surface area contributed by atoms with Crippen molar-refractivity contribution in [2.24, 2.45) is 0 Å². The molecule has 3 heteroatoms. The third kappa shape index (κ3) is 7.94. The molecule has 1 aliphatic rings. The number of unbranched alkanes of at least 4 members (excludes halogenated alkanes) is 5. The number of allylic oxidation sites excluding steroid dienone is 6. The van der Waals surface area contributed by atoms with Crippen molar-refractivity contribution in [3.8, 4) is 5.75 Å². The second-order valence-electron chi connectivity index (χ2n) is 8.37.